The third kappa shape index (κ3) is 4.23. The van der Waals surface area contributed by atoms with Crippen molar-refractivity contribution < 1.29 is 24.2 Å². The van der Waals surface area contributed by atoms with Gasteiger partial charge in [0.15, 0.2) is 0 Å². The Morgan fingerprint density at radius 2 is 1.88 bits per heavy atom. The van der Waals surface area contributed by atoms with E-state index in [0.717, 1.165) is 4.88 Å². The van der Waals surface area contributed by atoms with Gasteiger partial charge < -0.3 is 15.2 Å². The van der Waals surface area contributed by atoms with E-state index in [9.17, 15) is 19.5 Å². The number of thiophene rings is 1. The van der Waals surface area contributed by atoms with Crippen LogP contribution in [0.2, 0.25) is 0 Å². The average molecular weight is 351 g/mol. The van der Waals surface area contributed by atoms with E-state index >= 15 is 0 Å². The average Bonchev–Trinajstić information content (AvgIpc) is 2.87. The van der Waals surface area contributed by atoms with Crippen LogP contribution in [0.25, 0.3) is 0 Å². The molecule has 0 unspecified atom stereocenters. The highest BCUT2D eigenvalue weighted by molar-refractivity contribution is 7.16. The Kier molecular flexibility index (Phi) is 5.77. The molecule has 2 rings (SSSR count). The third-order valence-electron chi connectivity index (χ3n) is 3.74. The minimum Gasteiger partial charge on any atom is -0.481 e. The molecule has 2 atom stereocenters. The lowest BCUT2D eigenvalue weighted by Gasteiger charge is -2.24. The molecule has 1 aliphatic carbocycles. The monoisotopic (exact) mass is 351 g/mol. The van der Waals surface area contributed by atoms with Gasteiger partial charge in [-0.15, -0.1) is 11.3 Å². The van der Waals surface area contributed by atoms with E-state index in [1.807, 2.05) is 13.0 Å². The van der Waals surface area contributed by atoms with Crippen molar-refractivity contribution in [2.45, 2.75) is 39.7 Å². The van der Waals surface area contributed by atoms with Gasteiger partial charge in [0.2, 0.25) is 5.91 Å². The van der Waals surface area contributed by atoms with Crippen molar-refractivity contribution in [2.75, 3.05) is 5.32 Å². The first-order chi connectivity index (χ1) is 11.3. The maximum atomic E-state index is 12.5. The summed E-state index contributed by atoms with van der Waals surface area (Å²) in [6.07, 6.45) is 4.04. The van der Waals surface area contributed by atoms with E-state index in [1.165, 1.54) is 11.3 Å². The summed E-state index contributed by atoms with van der Waals surface area (Å²) in [5.41, 5.74) is 0.303. The van der Waals surface area contributed by atoms with E-state index < -0.39 is 23.8 Å². The van der Waals surface area contributed by atoms with Gasteiger partial charge in [-0.25, -0.2) is 4.79 Å². The van der Waals surface area contributed by atoms with Gasteiger partial charge in [0.05, 0.1) is 23.5 Å². The van der Waals surface area contributed by atoms with Crippen molar-refractivity contribution in [3.63, 3.8) is 0 Å². The zero-order chi connectivity index (χ0) is 17.9. The second-order valence-corrected chi connectivity index (χ2v) is 7.29. The lowest BCUT2D eigenvalue weighted by molar-refractivity contribution is -0.146. The molecule has 0 bridgehead atoms. The second kappa shape index (κ2) is 7.61. The lowest BCUT2D eigenvalue weighted by atomic mass is 9.82. The largest absolute Gasteiger partial charge is 0.481 e. The molecule has 1 aliphatic rings. The van der Waals surface area contributed by atoms with Gasteiger partial charge in [0, 0.05) is 4.88 Å². The van der Waals surface area contributed by atoms with Crippen LogP contribution in [0.1, 0.15) is 41.9 Å². The van der Waals surface area contributed by atoms with E-state index in [4.69, 9.17) is 4.74 Å². The fraction of sp³-hybridized carbons (Fsp3) is 0.471. The number of allylic oxidation sites excluding steroid dienone is 2. The predicted octanol–water partition coefficient (Wildman–Crippen LogP) is 3.23. The molecule has 2 N–H and O–H groups in total. The molecule has 130 valence electrons. The van der Waals surface area contributed by atoms with Gasteiger partial charge in [-0.3, -0.25) is 9.59 Å². The molecule has 0 spiro atoms. The van der Waals surface area contributed by atoms with Crippen LogP contribution in [-0.2, 0) is 14.3 Å². The van der Waals surface area contributed by atoms with Crippen molar-refractivity contribution in [2.24, 2.45) is 11.8 Å². The summed E-state index contributed by atoms with van der Waals surface area (Å²) in [6, 6.07) is 1.67. The number of carbonyl (C=O) groups excluding carboxylic acids is 2. The maximum absolute atomic E-state index is 12.5. The molecule has 7 heteroatoms. The molecular formula is C17H21NO5S. The molecule has 6 nitrogen and oxygen atoms in total. The molecular weight excluding hydrogens is 330 g/mol. The fourth-order valence-electron chi connectivity index (χ4n) is 2.62. The zero-order valence-electron chi connectivity index (χ0n) is 13.9. The number of aliphatic carboxylic acids is 1. The molecule has 24 heavy (non-hydrogen) atoms. The molecule has 0 aliphatic heterocycles. The first-order valence-electron chi connectivity index (χ1n) is 7.79. The van der Waals surface area contributed by atoms with Crippen molar-refractivity contribution >= 4 is 34.2 Å². The van der Waals surface area contributed by atoms with Crippen LogP contribution in [0, 0.1) is 18.8 Å². The number of amides is 1. The second-order valence-electron chi connectivity index (χ2n) is 6.04. The van der Waals surface area contributed by atoms with Crippen LogP contribution >= 0.6 is 11.3 Å². The van der Waals surface area contributed by atoms with Crippen LogP contribution in [0.3, 0.4) is 0 Å². The number of carbonyl (C=O) groups is 3. The van der Waals surface area contributed by atoms with Gasteiger partial charge in [-0.2, -0.15) is 0 Å². The van der Waals surface area contributed by atoms with Crippen LogP contribution in [0.15, 0.2) is 18.2 Å². The highest BCUT2D eigenvalue weighted by Crippen LogP contribution is 2.32. The molecule has 0 fully saturated rings. The van der Waals surface area contributed by atoms with Crippen molar-refractivity contribution in [1.29, 1.82) is 0 Å². The standard InChI is InChI=1S/C17H21NO5S/c1-9(2)23-17(22)13-8-10(3)24-15(13)18-14(19)11-6-4-5-7-12(11)16(20)21/h4-5,8-9,11-12H,6-7H2,1-3H3,(H,18,19)(H,20,21)/t11-,12+/m1/s1. The smallest absolute Gasteiger partial charge is 0.341 e. The van der Waals surface area contributed by atoms with E-state index in [-0.39, 0.29) is 12.0 Å². The number of aryl methyl sites for hydroxylation is 1. The minimum absolute atomic E-state index is 0.263. The van der Waals surface area contributed by atoms with Gasteiger partial charge in [0.1, 0.15) is 5.00 Å². The minimum atomic E-state index is -0.985. The van der Waals surface area contributed by atoms with Gasteiger partial charge in [0.25, 0.3) is 0 Å². The Bertz CT molecular complexity index is 677. The van der Waals surface area contributed by atoms with Gasteiger partial charge >= 0.3 is 11.9 Å². The van der Waals surface area contributed by atoms with E-state index in [2.05, 4.69) is 5.32 Å². The summed E-state index contributed by atoms with van der Waals surface area (Å²) in [5.74, 6) is -3.26. The highest BCUT2D eigenvalue weighted by Gasteiger charge is 2.34. The molecule has 0 saturated carbocycles. The van der Waals surface area contributed by atoms with Crippen LogP contribution in [-0.4, -0.2) is 29.1 Å². The molecule has 0 radical (unpaired) electrons. The number of hydrogen-bond acceptors (Lipinski definition) is 5. The molecule has 0 aromatic carbocycles. The van der Waals surface area contributed by atoms with E-state index in [1.54, 1.807) is 26.0 Å². The Hall–Kier alpha value is -2.15. The summed E-state index contributed by atoms with van der Waals surface area (Å²) < 4.78 is 5.19. The SMILES string of the molecule is Cc1cc(C(=O)OC(C)C)c(NC(=O)[C@@H]2CC=CC[C@@H]2C(=O)O)s1. The number of hydrogen-bond donors (Lipinski definition) is 2. The summed E-state index contributed by atoms with van der Waals surface area (Å²) in [7, 11) is 0. The number of carboxylic acid groups (broad SMARTS) is 1. The maximum Gasteiger partial charge on any atom is 0.341 e. The van der Waals surface area contributed by atoms with Crippen molar-refractivity contribution in [1.82, 2.24) is 0 Å². The number of nitrogens with one attached hydrogen (secondary N) is 1. The van der Waals surface area contributed by atoms with Gasteiger partial charge in [-0.1, -0.05) is 12.2 Å². The first-order valence-corrected chi connectivity index (χ1v) is 8.61. The molecule has 1 heterocycles. The van der Waals surface area contributed by atoms with Crippen molar-refractivity contribution in [3.05, 3.63) is 28.7 Å². The Labute approximate surface area is 144 Å². The number of carboxylic acids is 1. The summed E-state index contributed by atoms with van der Waals surface area (Å²) >= 11 is 1.27. The molecule has 1 aromatic heterocycles. The fourth-order valence-corrected chi connectivity index (χ4v) is 3.52. The normalized spacial score (nSPS) is 20.0. The molecule has 1 amide bonds. The van der Waals surface area contributed by atoms with E-state index in [0.29, 0.717) is 23.4 Å². The first kappa shape index (κ1) is 18.2. The topological polar surface area (TPSA) is 92.7 Å². The summed E-state index contributed by atoms with van der Waals surface area (Å²) in [6.45, 7) is 5.33. The highest BCUT2D eigenvalue weighted by atomic mass is 32.1. The number of ether oxygens (including phenoxy) is 1. The lowest BCUT2D eigenvalue weighted by Crippen LogP contribution is -2.34. The van der Waals surface area contributed by atoms with Crippen LogP contribution in [0.5, 0.6) is 0 Å². The van der Waals surface area contributed by atoms with Crippen LogP contribution in [0.4, 0.5) is 5.00 Å². The van der Waals surface area contributed by atoms with Crippen LogP contribution < -0.4 is 5.32 Å². The third-order valence-corrected chi connectivity index (χ3v) is 4.71. The van der Waals surface area contributed by atoms with Crippen molar-refractivity contribution in [3.8, 4) is 0 Å². The Morgan fingerprint density at radius 3 is 2.46 bits per heavy atom. The Morgan fingerprint density at radius 1 is 1.25 bits per heavy atom. The quantitative estimate of drug-likeness (QED) is 0.627. The molecule has 1 aromatic rings. The number of esters is 1. The molecule has 0 saturated heterocycles. The number of anilines is 1. The predicted molar refractivity (Wildman–Crippen MR) is 91.2 cm³/mol. The Balaban J connectivity index is 2.18. The van der Waals surface area contributed by atoms with Gasteiger partial charge in [-0.05, 0) is 39.7 Å². The number of rotatable bonds is 5. The summed E-state index contributed by atoms with van der Waals surface area (Å²) in [5, 5.41) is 12.4. The summed E-state index contributed by atoms with van der Waals surface area (Å²) in [4.78, 5) is 36.9. The zero-order valence-corrected chi connectivity index (χ0v) is 14.7.